The van der Waals surface area contributed by atoms with Gasteiger partial charge in [-0.2, -0.15) is 0 Å². The molecule has 0 aliphatic heterocycles. The number of hydrogen-bond donors (Lipinski definition) is 3. The quantitative estimate of drug-likeness (QED) is 0.761. The maximum absolute atomic E-state index is 11.7. The SMILES string of the molecule is O=C(NCCn1cccc1)c1ccc(O)cc1O. The molecule has 0 radical (unpaired) electrons. The summed E-state index contributed by atoms with van der Waals surface area (Å²) in [6, 6.07) is 7.71. The number of benzene rings is 1. The number of carbonyl (C=O) groups is 1. The Kier molecular flexibility index (Phi) is 3.52. The number of nitrogens with zero attached hydrogens (tertiary/aromatic N) is 1. The van der Waals surface area contributed by atoms with E-state index in [0.717, 1.165) is 6.07 Å². The van der Waals surface area contributed by atoms with Crippen LogP contribution in [0.25, 0.3) is 0 Å². The fourth-order valence-electron chi connectivity index (χ4n) is 1.63. The second-order valence-electron chi connectivity index (χ2n) is 3.88. The minimum absolute atomic E-state index is 0.0728. The highest BCUT2D eigenvalue weighted by atomic mass is 16.3. The van der Waals surface area contributed by atoms with E-state index in [2.05, 4.69) is 5.32 Å². The van der Waals surface area contributed by atoms with Crippen LogP contribution in [0.3, 0.4) is 0 Å². The van der Waals surface area contributed by atoms with Gasteiger partial charge in [0, 0.05) is 31.5 Å². The van der Waals surface area contributed by atoms with Crippen LogP contribution in [0.4, 0.5) is 0 Å². The van der Waals surface area contributed by atoms with Gasteiger partial charge >= 0.3 is 0 Å². The Morgan fingerprint density at radius 3 is 2.61 bits per heavy atom. The molecular formula is C13H14N2O3. The van der Waals surface area contributed by atoms with Gasteiger partial charge in [0.05, 0.1) is 5.56 Å². The van der Waals surface area contributed by atoms with Crippen molar-refractivity contribution in [2.24, 2.45) is 0 Å². The summed E-state index contributed by atoms with van der Waals surface area (Å²) in [6.45, 7) is 1.13. The van der Waals surface area contributed by atoms with Crippen LogP contribution in [0.1, 0.15) is 10.4 Å². The van der Waals surface area contributed by atoms with E-state index in [1.165, 1.54) is 12.1 Å². The third-order valence-corrected chi connectivity index (χ3v) is 2.55. The molecule has 0 unspecified atom stereocenters. The lowest BCUT2D eigenvalue weighted by Gasteiger charge is -2.07. The summed E-state index contributed by atoms with van der Waals surface area (Å²) in [5, 5.41) is 21.3. The highest BCUT2D eigenvalue weighted by Gasteiger charge is 2.10. The summed E-state index contributed by atoms with van der Waals surface area (Å²) in [7, 11) is 0. The van der Waals surface area contributed by atoms with Gasteiger partial charge in [0.15, 0.2) is 0 Å². The molecule has 5 nitrogen and oxygen atoms in total. The number of hydrogen-bond acceptors (Lipinski definition) is 3. The zero-order valence-corrected chi connectivity index (χ0v) is 9.71. The molecule has 0 bridgehead atoms. The average Bonchev–Trinajstić information content (AvgIpc) is 2.81. The van der Waals surface area contributed by atoms with Crippen LogP contribution in [0.5, 0.6) is 11.5 Å². The van der Waals surface area contributed by atoms with Gasteiger partial charge in [-0.3, -0.25) is 4.79 Å². The van der Waals surface area contributed by atoms with Gasteiger partial charge in [-0.25, -0.2) is 0 Å². The summed E-state index contributed by atoms with van der Waals surface area (Å²) >= 11 is 0. The number of amides is 1. The van der Waals surface area contributed by atoms with Gasteiger partial charge in [0.2, 0.25) is 0 Å². The number of rotatable bonds is 4. The van der Waals surface area contributed by atoms with Crippen molar-refractivity contribution in [3.63, 3.8) is 0 Å². The van der Waals surface area contributed by atoms with E-state index >= 15 is 0 Å². The number of carbonyl (C=O) groups excluding carboxylic acids is 1. The first-order valence-corrected chi connectivity index (χ1v) is 5.58. The second kappa shape index (κ2) is 5.27. The van der Waals surface area contributed by atoms with Gasteiger partial charge < -0.3 is 20.1 Å². The Labute approximate surface area is 104 Å². The predicted molar refractivity (Wildman–Crippen MR) is 66.5 cm³/mol. The normalized spacial score (nSPS) is 10.2. The fourth-order valence-corrected chi connectivity index (χ4v) is 1.63. The summed E-state index contributed by atoms with van der Waals surface area (Å²) in [5.74, 6) is -0.662. The van der Waals surface area contributed by atoms with Crippen LogP contribution in [0, 0.1) is 0 Å². The van der Waals surface area contributed by atoms with Crippen LogP contribution in [0.15, 0.2) is 42.7 Å². The summed E-state index contributed by atoms with van der Waals surface area (Å²) in [4.78, 5) is 11.7. The Morgan fingerprint density at radius 2 is 1.94 bits per heavy atom. The largest absolute Gasteiger partial charge is 0.508 e. The molecule has 1 amide bonds. The van der Waals surface area contributed by atoms with E-state index in [4.69, 9.17) is 5.11 Å². The van der Waals surface area contributed by atoms with E-state index in [1.807, 2.05) is 29.1 Å². The Morgan fingerprint density at radius 1 is 1.22 bits per heavy atom. The van der Waals surface area contributed by atoms with Crippen LogP contribution in [-0.2, 0) is 6.54 Å². The van der Waals surface area contributed by atoms with Gasteiger partial charge in [-0.1, -0.05) is 0 Å². The number of phenolic OH excluding ortho intramolecular Hbond substituents is 2. The lowest BCUT2D eigenvalue weighted by Crippen LogP contribution is -2.26. The number of nitrogens with one attached hydrogen (secondary N) is 1. The molecule has 2 aromatic rings. The molecule has 3 N–H and O–H groups in total. The fraction of sp³-hybridized carbons (Fsp3) is 0.154. The van der Waals surface area contributed by atoms with Crippen molar-refractivity contribution >= 4 is 5.91 Å². The monoisotopic (exact) mass is 246 g/mol. The van der Waals surface area contributed by atoms with Crippen molar-refractivity contribution in [1.29, 1.82) is 0 Å². The van der Waals surface area contributed by atoms with Gasteiger partial charge in [0.1, 0.15) is 11.5 Å². The first-order chi connectivity index (χ1) is 8.66. The molecule has 18 heavy (non-hydrogen) atoms. The van der Waals surface area contributed by atoms with Crippen molar-refractivity contribution in [2.75, 3.05) is 6.54 Å². The van der Waals surface area contributed by atoms with Crippen molar-refractivity contribution in [3.8, 4) is 11.5 Å². The molecule has 1 aromatic heterocycles. The van der Waals surface area contributed by atoms with Crippen LogP contribution in [0.2, 0.25) is 0 Å². The molecule has 0 saturated heterocycles. The number of aromatic hydroxyl groups is 2. The lowest BCUT2D eigenvalue weighted by atomic mass is 10.2. The molecule has 2 rings (SSSR count). The number of aromatic nitrogens is 1. The summed E-state index contributed by atoms with van der Waals surface area (Å²) in [6.07, 6.45) is 3.81. The highest BCUT2D eigenvalue weighted by molar-refractivity contribution is 5.96. The molecule has 0 saturated carbocycles. The minimum atomic E-state index is -0.361. The van der Waals surface area contributed by atoms with Crippen LogP contribution in [-0.4, -0.2) is 27.2 Å². The third-order valence-electron chi connectivity index (χ3n) is 2.55. The zero-order valence-electron chi connectivity index (χ0n) is 9.71. The van der Waals surface area contributed by atoms with Crippen molar-refractivity contribution in [3.05, 3.63) is 48.3 Å². The van der Waals surface area contributed by atoms with Crippen LogP contribution < -0.4 is 5.32 Å². The zero-order chi connectivity index (χ0) is 13.0. The maximum atomic E-state index is 11.7. The average molecular weight is 246 g/mol. The Hall–Kier alpha value is -2.43. The van der Waals surface area contributed by atoms with E-state index in [1.54, 1.807) is 0 Å². The molecule has 94 valence electrons. The first kappa shape index (κ1) is 12.0. The van der Waals surface area contributed by atoms with E-state index in [0.29, 0.717) is 13.1 Å². The molecule has 5 heteroatoms. The lowest BCUT2D eigenvalue weighted by molar-refractivity contribution is 0.0949. The van der Waals surface area contributed by atoms with Crippen molar-refractivity contribution in [2.45, 2.75) is 6.54 Å². The molecule has 0 atom stereocenters. The highest BCUT2D eigenvalue weighted by Crippen LogP contribution is 2.22. The molecule has 1 aromatic carbocycles. The van der Waals surface area contributed by atoms with Crippen LogP contribution >= 0.6 is 0 Å². The molecule has 0 fully saturated rings. The predicted octanol–water partition coefficient (Wildman–Crippen LogP) is 1.33. The topological polar surface area (TPSA) is 74.5 Å². The Balaban J connectivity index is 1.91. The van der Waals surface area contributed by atoms with Crippen molar-refractivity contribution < 1.29 is 15.0 Å². The summed E-state index contributed by atoms with van der Waals surface area (Å²) in [5.41, 5.74) is 0.153. The molecular weight excluding hydrogens is 232 g/mol. The molecule has 0 aliphatic carbocycles. The summed E-state index contributed by atoms with van der Waals surface area (Å²) < 4.78 is 1.94. The number of phenols is 2. The van der Waals surface area contributed by atoms with Gasteiger partial charge in [-0.15, -0.1) is 0 Å². The van der Waals surface area contributed by atoms with E-state index < -0.39 is 0 Å². The smallest absolute Gasteiger partial charge is 0.255 e. The molecule has 0 spiro atoms. The molecule has 1 heterocycles. The molecule has 0 aliphatic rings. The third kappa shape index (κ3) is 2.82. The second-order valence-corrected chi connectivity index (χ2v) is 3.88. The minimum Gasteiger partial charge on any atom is -0.508 e. The van der Waals surface area contributed by atoms with E-state index in [9.17, 15) is 9.90 Å². The van der Waals surface area contributed by atoms with E-state index in [-0.39, 0.29) is 23.0 Å². The van der Waals surface area contributed by atoms with Gasteiger partial charge in [0.25, 0.3) is 5.91 Å². The maximum Gasteiger partial charge on any atom is 0.255 e. The van der Waals surface area contributed by atoms with Gasteiger partial charge in [-0.05, 0) is 24.3 Å². The first-order valence-electron chi connectivity index (χ1n) is 5.58. The van der Waals surface area contributed by atoms with Crippen molar-refractivity contribution in [1.82, 2.24) is 9.88 Å². The standard InChI is InChI=1S/C13H14N2O3/c16-10-3-4-11(12(17)9-10)13(18)14-5-8-15-6-1-2-7-15/h1-4,6-7,9,16-17H,5,8H2,(H,14,18). The Bertz CT molecular complexity index is 535.